The number of pyridine rings is 1. The molecule has 0 saturated heterocycles. The number of nitrogens with one attached hydrogen (secondary N) is 1. The van der Waals surface area contributed by atoms with Gasteiger partial charge in [-0.25, -0.2) is 4.98 Å². The van der Waals surface area contributed by atoms with Crippen molar-refractivity contribution in [3.05, 3.63) is 58.3 Å². The molecule has 7 nitrogen and oxygen atoms in total. The van der Waals surface area contributed by atoms with Gasteiger partial charge in [0.25, 0.3) is 5.91 Å². The van der Waals surface area contributed by atoms with Crippen molar-refractivity contribution in [1.29, 1.82) is 0 Å². The van der Waals surface area contributed by atoms with Gasteiger partial charge in [-0.1, -0.05) is 28.1 Å². The fourth-order valence-corrected chi connectivity index (χ4v) is 5.80. The van der Waals surface area contributed by atoms with E-state index in [4.69, 9.17) is 9.47 Å². The lowest BCUT2D eigenvalue weighted by Gasteiger charge is -2.56. The molecule has 1 amide bonds. The predicted octanol–water partition coefficient (Wildman–Crippen LogP) is 4.71. The summed E-state index contributed by atoms with van der Waals surface area (Å²) in [5.41, 5.74) is 2.68. The highest BCUT2D eigenvalue weighted by Crippen LogP contribution is 2.59. The Kier molecular flexibility index (Phi) is 6.10. The third kappa shape index (κ3) is 4.19. The number of fused-ring (bicyclic) bond motifs is 1. The number of halogens is 1. The number of rotatable bonds is 7. The van der Waals surface area contributed by atoms with Crippen LogP contribution in [0.2, 0.25) is 0 Å². The first kappa shape index (κ1) is 22.9. The van der Waals surface area contributed by atoms with Crippen LogP contribution in [0.4, 0.5) is 0 Å². The van der Waals surface area contributed by atoms with E-state index in [1.165, 1.54) is 7.11 Å². The third-order valence-electron chi connectivity index (χ3n) is 7.14. The zero-order valence-corrected chi connectivity index (χ0v) is 20.9. The molecule has 1 aromatic carbocycles. The van der Waals surface area contributed by atoms with Gasteiger partial charge in [-0.05, 0) is 61.8 Å². The average Bonchev–Trinajstić information content (AvgIpc) is 3.20. The van der Waals surface area contributed by atoms with Crippen molar-refractivity contribution in [2.24, 2.45) is 11.3 Å². The van der Waals surface area contributed by atoms with Crippen LogP contribution in [0.5, 0.6) is 5.88 Å². The predicted molar refractivity (Wildman–Crippen MR) is 132 cm³/mol. The summed E-state index contributed by atoms with van der Waals surface area (Å²) in [5, 5.41) is 4.02. The molecule has 5 rings (SSSR count). The SMILES string of the molecule is CCOc1ncc(C(=O)NC2CC3(C2)CC(C(=O)OC)C3)c2c1ccn2Cc1ccc(Br)cc1. The summed E-state index contributed by atoms with van der Waals surface area (Å²) in [4.78, 5) is 29.5. The molecule has 1 spiro atoms. The van der Waals surface area contributed by atoms with E-state index < -0.39 is 0 Å². The Hall–Kier alpha value is -2.87. The number of hydrogen-bond donors (Lipinski definition) is 1. The highest BCUT2D eigenvalue weighted by atomic mass is 79.9. The number of benzene rings is 1. The molecular weight excluding hydrogens is 498 g/mol. The molecule has 0 bridgehead atoms. The fourth-order valence-electron chi connectivity index (χ4n) is 5.54. The van der Waals surface area contributed by atoms with Gasteiger partial charge in [0, 0.05) is 29.5 Å². The number of nitrogens with zero attached hydrogens (tertiary/aromatic N) is 2. The van der Waals surface area contributed by atoms with Crippen LogP contribution in [0.15, 0.2) is 47.2 Å². The lowest BCUT2D eigenvalue weighted by Crippen LogP contribution is -2.57. The molecule has 0 aliphatic heterocycles. The molecule has 1 N–H and O–H groups in total. The topological polar surface area (TPSA) is 82.4 Å². The minimum atomic E-state index is -0.125. The molecule has 8 heteroatoms. The van der Waals surface area contributed by atoms with E-state index in [2.05, 4.69) is 42.9 Å². The zero-order valence-electron chi connectivity index (χ0n) is 19.3. The first-order valence-corrected chi connectivity index (χ1v) is 12.4. The number of amides is 1. The van der Waals surface area contributed by atoms with Crippen molar-refractivity contribution in [2.45, 2.75) is 45.2 Å². The van der Waals surface area contributed by atoms with Crippen LogP contribution < -0.4 is 10.1 Å². The number of hydrogen-bond acceptors (Lipinski definition) is 5. The molecule has 2 aliphatic rings. The standard InChI is InChI=1S/C26H28BrN3O4/c1-3-34-24-20-8-9-30(15-16-4-6-18(27)7-5-16)22(20)21(14-28-24)23(31)29-19-12-26(13-19)10-17(11-26)25(32)33-2/h4-9,14,17,19H,3,10-13,15H2,1-2H3,(H,29,31). The van der Waals surface area contributed by atoms with E-state index in [1.807, 2.05) is 31.3 Å². The zero-order chi connectivity index (χ0) is 23.9. The second-order valence-electron chi connectivity index (χ2n) is 9.45. The van der Waals surface area contributed by atoms with Crippen molar-refractivity contribution in [3.63, 3.8) is 0 Å². The maximum absolute atomic E-state index is 13.3. The lowest BCUT2D eigenvalue weighted by atomic mass is 9.50. The number of carbonyl (C=O) groups is 2. The molecule has 2 saturated carbocycles. The van der Waals surface area contributed by atoms with Crippen molar-refractivity contribution in [2.75, 3.05) is 13.7 Å². The molecule has 34 heavy (non-hydrogen) atoms. The van der Waals surface area contributed by atoms with Crippen LogP contribution >= 0.6 is 15.9 Å². The lowest BCUT2D eigenvalue weighted by molar-refractivity contribution is -0.159. The molecule has 3 aromatic rings. The van der Waals surface area contributed by atoms with Crippen LogP contribution in [-0.2, 0) is 16.1 Å². The highest BCUT2D eigenvalue weighted by molar-refractivity contribution is 9.10. The van der Waals surface area contributed by atoms with Crippen molar-refractivity contribution in [1.82, 2.24) is 14.9 Å². The van der Waals surface area contributed by atoms with Gasteiger partial charge in [0.15, 0.2) is 0 Å². The van der Waals surface area contributed by atoms with E-state index in [-0.39, 0.29) is 29.3 Å². The van der Waals surface area contributed by atoms with Crippen molar-refractivity contribution < 1.29 is 19.1 Å². The summed E-state index contributed by atoms with van der Waals surface area (Å²) in [6.07, 6.45) is 7.12. The highest BCUT2D eigenvalue weighted by Gasteiger charge is 2.55. The van der Waals surface area contributed by atoms with Crippen molar-refractivity contribution >= 4 is 38.7 Å². The minimum absolute atomic E-state index is 0.0125. The Morgan fingerprint density at radius 3 is 2.59 bits per heavy atom. The van der Waals surface area contributed by atoms with E-state index in [0.29, 0.717) is 24.6 Å². The van der Waals surface area contributed by atoms with Crippen LogP contribution in [0.25, 0.3) is 10.9 Å². The van der Waals surface area contributed by atoms with Crippen LogP contribution in [-0.4, -0.2) is 41.2 Å². The number of methoxy groups -OCH3 is 1. The van der Waals surface area contributed by atoms with Gasteiger partial charge in [0.05, 0.1) is 36.1 Å². The fraction of sp³-hybridized carbons (Fsp3) is 0.423. The average molecular weight is 526 g/mol. The number of aromatic nitrogens is 2. The first-order chi connectivity index (χ1) is 16.4. The van der Waals surface area contributed by atoms with Gasteiger partial charge in [-0.15, -0.1) is 0 Å². The largest absolute Gasteiger partial charge is 0.477 e. The summed E-state index contributed by atoms with van der Waals surface area (Å²) >= 11 is 3.48. The first-order valence-electron chi connectivity index (χ1n) is 11.6. The van der Waals surface area contributed by atoms with Gasteiger partial charge < -0.3 is 19.4 Å². The quantitative estimate of drug-likeness (QED) is 0.451. The second kappa shape index (κ2) is 9.06. The van der Waals surface area contributed by atoms with Gasteiger partial charge in [0.1, 0.15) is 0 Å². The van der Waals surface area contributed by atoms with Crippen LogP contribution in [0, 0.1) is 11.3 Å². The molecule has 2 aliphatic carbocycles. The van der Waals surface area contributed by atoms with E-state index >= 15 is 0 Å². The Labute approximate surface area is 207 Å². The number of carbonyl (C=O) groups excluding carboxylic acids is 2. The second-order valence-corrected chi connectivity index (χ2v) is 10.4. The molecule has 0 unspecified atom stereocenters. The summed E-state index contributed by atoms with van der Waals surface area (Å²) in [5.74, 6) is 0.306. The Balaban J connectivity index is 1.34. The van der Waals surface area contributed by atoms with E-state index in [1.54, 1.807) is 6.20 Å². The normalized spacial score (nSPS) is 23.3. The van der Waals surface area contributed by atoms with Gasteiger partial charge >= 0.3 is 5.97 Å². The Morgan fingerprint density at radius 2 is 1.91 bits per heavy atom. The Morgan fingerprint density at radius 1 is 1.18 bits per heavy atom. The summed E-state index contributed by atoms with van der Waals surface area (Å²) in [6.45, 7) is 3.06. The molecule has 2 fully saturated rings. The van der Waals surface area contributed by atoms with Crippen molar-refractivity contribution in [3.8, 4) is 5.88 Å². The molecular formula is C26H28BrN3O4. The van der Waals surface area contributed by atoms with Crippen LogP contribution in [0.3, 0.4) is 0 Å². The maximum atomic E-state index is 13.3. The van der Waals surface area contributed by atoms with Gasteiger partial charge in [-0.2, -0.15) is 0 Å². The monoisotopic (exact) mass is 525 g/mol. The summed E-state index contributed by atoms with van der Waals surface area (Å²) in [6, 6.07) is 10.2. The van der Waals surface area contributed by atoms with E-state index in [9.17, 15) is 9.59 Å². The number of ether oxygens (including phenoxy) is 2. The summed E-state index contributed by atoms with van der Waals surface area (Å²) in [7, 11) is 1.44. The number of esters is 1. The molecule has 0 atom stereocenters. The molecule has 2 heterocycles. The molecule has 0 radical (unpaired) electrons. The Bertz CT molecular complexity index is 1220. The van der Waals surface area contributed by atoms with E-state index in [0.717, 1.165) is 46.6 Å². The smallest absolute Gasteiger partial charge is 0.308 e. The molecule has 2 aromatic heterocycles. The third-order valence-corrected chi connectivity index (χ3v) is 7.67. The van der Waals surface area contributed by atoms with Crippen LogP contribution in [0.1, 0.15) is 48.5 Å². The van der Waals surface area contributed by atoms with Gasteiger partial charge in [-0.3, -0.25) is 9.59 Å². The minimum Gasteiger partial charge on any atom is -0.477 e. The summed E-state index contributed by atoms with van der Waals surface area (Å²) < 4.78 is 13.7. The van der Waals surface area contributed by atoms with Gasteiger partial charge in [0.2, 0.25) is 5.88 Å². The maximum Gasteiger partial charge on any atom is 0.308 e. The molecule has 178 valence electrons.